The fourth-order valence-corrected chi connectivity index (χ4v) is 4.49. The number of hydrogen-bond donors (Lipinski definition) is 0. The van der Waals surface area contributed by atoms with Gasteiger partial charge in [0.25, 0.3) is 0 Å². The van der Waals surface area contributed by atoms with Crippen molar-refractivity contribution in [2.75, 3.05) is 49.4 Å². The van der Waals surface area contributed by atoms with Crippen molar-refractivity contribution in [1.29, 1.82) is 0 Å². The van der Waals surface area contributed by atoms with Crippen LogP contribution in [0, 0.1) is 0 Å². The Kier molecular flexibility index (Phi) is 3.11. The van der Waals surface area contributed by atoms with Crippen LogP contribution in [0.4, 0.5) is 11.5 Å². The molecule has 0 bridgehead atoms. The van der Waals surface area contributed by atoms with Crippen LogP contribution < -0.4 is 9.80 Å². The van der Waals surface area contributed by atoms with Crippen LogP contribution in [0.3, 0.4) is 0 Å². The predicted octanol–water partition coefficient (Wildman–Crippen LogP) is 3.83. The lowest BCUT2D eigenvalue weighted by atomic mass is 10.1. The van der Waals surface area contributed by atoms with Crippen molar-refractivity contribution < 1.29 is 15.8 Å². The molecule has 1 fully saturated rings. The molecular weight excluding hydrogens is 404 g/mol. The highest BCUT2D eigenvalue weighted by atomic mass is 35.5. The molecule has 0 radical (unpaired) electrons. The Labute approximate surface area is 190 Å². The first-order chi connectivity index (χ1) is 17.1. The molecule has 2 aromatic carbocycles. The van der Waals surface area contributed by atoms with Crippen LogP contribution in [0.25, 0.3) is 10.1 Å². The predicted molar refractivity (Wildman–Crippen MR) is 121 cm³/mol. The van der Waals surface area contributed by atoms with Gasteiger partial charge in [0.1, 0.15) is 5.82 Å². The van der Waals surface area contributed by atoms with E-state index in [1.54, 1.807) is 43.4 Å². The molecular formula is C22H23ClN4OS. The molecule has 0 saturated carbocycles. The lowest BCUT2D eigenvalue weighted by Gasteiger charge is -2.35. The Balaban J connectivity index is 1.53. The quantitative estimate of drug-likeness (QED) is 0.625. The Morgan fingerprint density at radius 1 is 1.21 bits per heavy atom. The van der Waals surface area contributed by atoms with Gasteiger partial charge in [-0.1, -0.05) is 29.8 Å². The monoisotopic (exact) mass is 434 g/mol. The third-order valence-electron chi connectivity index (χ3n) is 5.09. The summed E-state index contributed by atoms with van der Waals surface area (Å²) in [4.78, 5) is 14.6. The van der Waals surface area contributed by atoms with E-state index in [-0.39, 0.29) is 31.1 Å². The highest BCUT2D eigenvalue weighted by Gasteiger charge is 2.26. The summed E-state index contributed by atoms with van der Waals surface area (Å²) in [6.07, 6.45) is 0.192. The number of nitrogens with zero attached hydrogens (tertiary/aromatic N) is 4. The molecule has 1 amide bonds. The number of carbonyl (C=O) groups excluding carboxylic acids is 1. The van der Waals surface area contributed by atoms with Crippen LogP contribution in [0.5, 0.6) is 0 Å². The van der Waals surface area contributed by atoms with Crippen molar-refractivity contribution in [3.63, 3.8) is 0 Å². The van der Waals surface area contributed by atoms with Crippen molar-refractivity contribution >= 4 is 50.6 Å². The fraction of sp³-hybridized carbons (Fsp3) is 0.364. The first-order valence-electron chi connectivity index (χ1n) is 13.1. The summed E-state index contributed by atoms with van der Waals surface area (Å²) in [5.41, 5.74) is 1.94. The number of hydrogen-bond acceptors (Lipinski definition) is 5. The zero-order valence-electron chi connectivity index (χ0n) is 23.6. The molecule has 150 valence electrons. The van der Waals surface area contributed by atoms with Gasteiger partial charge >= 0.3 is 0 Å². The fourth-order valence-electron chi connectivity index (χ4n) is 3.48. The Morgan fingerprint density at radius 3 is 2.83 bits per heavy atom. The Bertz CT molecular complexity index is 1390. The van der Waals surface area contributed by atoms with Gasteiger partial charge in [0, 0.05) is 61.2 Å². The number of benzene rings is 2. The maximum atomic E-state index is 12.1. The van der Waals surface area contributed by atoms with Gasteiger partial charge in [0.2, 0.25) is 5.91 Å². The highest BCUT2D eigenvalue weighted by molar-refractivity contribution is 7.13. The number of carbonyl (C=O) groups is 1. The van der Waals surface area contributed by atoms with Crippen LogP contribution in [0.1, 0.15) is 22.1 Å². The molecule has 0 N–H and O–H groups in total. The van der Waals surface area contributed by atoms with Crippen LogP contribution in [0.2, 0.25) is 5.02 Å². The van der Waals surface area contributed by atoms with Crippen LogP contribution in [0.15, 0.2) is 36.4 Å². The third kappa shape index (κ3) is 3.50. The number of amides is 1. The number of fused-ring (bicyclic) bond motifs is 2. The molecule has 0 aliphatic carbocycles. The van der Waals surface area contributed by atoms with Gasteiger partial charge in [-0.15, -0.1) is 0 Å². The van der Waals surface area contributed by atoms with E-state index in [9.17, 15) is 4.79 Å². The number of aromatic nitrogens is 1. The average Bonchev–Trinajstić information content (AvgIpc) is 3.33. The number of anilines is 2. The van der Waals surface area contributed by atoms with E-state index < -0.39 is 26.0 Å². The maximum Gasteiger partial charge on any atom is 0.231 e. The van der Waals surface area contributed by atoms with Gasteiger partial charge in [-0.05, 0) is 47.3 Å². The topological polar surface area (TPSA) is 39.7 Å². The van der Waals surface area contributed by atoms with Gasteiger partial charge in [0.15, 0.2) is 0 Å². The SMILES string of the molecule is [2H]C1([2H])N(CCc2cc3c(cc2Cl)N(C)C(=O)C3)C([2H])([2H])C([2H])([2H])N(c2nsc3ccccc23)C1([2H])[2H]. The maximum absolute atomic E-state index is 12.1. The van der Waals surface area contributed by atoms with Gasteiger partial charge < -0.3 is 9.80 Å². The van der Waals surface area contributed by atoms with E-state index >= 15 is 0 Å². The summed E-state index contributed by atoms with van der Waals surface area (Å²) in [6, 6.07) is 10.1. The van der Waals surface area contributed by atoms with Crippen LogP contribution in [-0.4, -0.2) is 54.8 Å². The number of likely N-dealkylation sites (N-methyl/N-ethyl adjacent to an activating group) is 1. The minimum absolute atomic E-state index is 0.00876. The highest BCUT2D eigenvalue weighted by Crippen LogP contribution is 2.33. The first kappa shape index (κ1) is 11.9. The largest absolute Gasteiger partial charge is 0.353 e. The molecule has 2 aliphatic heterocycles. The van der Waals surface area contributed by atoms with E-state index in [1.807, 2.05) is 0 Å². The number of halogens is 1. The molecule has 29 heavy (non-hydrogen) atoms. The van der Waals surface area contributed by atoms with Gasteiger partial charge in [0.05, 0.1) is 16.6 Å². The summed E-state index contributed by atoms with van der Waals surface area (Å²) < 4.78 is 74.6. The van der Waals surface area contributed by atoms with Gasteiger partial charge in [-0.25, -0.2) is 0 Å². The zero-order chi connectivity index (χ0) is 27.1. The van der Waals surface area contributed by atoms with Crippen molar-refractivity contribution in [3.05, 3.63) is 52.5 Å². The molecule has 2 aliphatic rings. The normalized spacial score (nSPS) is 28.4. The zero-order valence-corrected chi connectivity index (χ0v) is 17.1. The molecule has 1 saturated heterocycles. The molecule has 5 rings (SSSR count). The molecule has 0 unspecified atom stereocenters. The second kappa shape index (κ2) is 7.59. The minimum Gasteiger partial charge on any atom is -0.353 e. The van der Waals surface area contributed by atoms with Crippen molar-refractivity contribution in [2.45, 2.75) is 12.8 Å². The molecule has 3 aromatic rings. The second-order valence-corrected chi connectivity index (χ2v) is 8.10. The van der Waals surface area contributed by atoms with Crippen molar-refractivity contribution in [3.8, 4) is 0 Å². The van der Waals surface area contributed by atoms with E-state index in [4.69, 9.17) is 22.6 Å². The summed E-state index contributed by atoms with van der Waals surface area (Å²) in [7, 11) is 1.64. The standard InChI is InChI=1S/C22H23ClN4OS/c1-25-19-14-18(23)15(12-16(19)13-21(25)28)6-7-26-8-10-27(11-9-26)22-17-4-2-3-5-20(17)29-24-22/h2-5,12,14H,6-11,13H2,1H3/i8D2,9D2,10D2,11D2. The van der Waals surface area contributed by atoms with Crippen molar-refractivity contribution in [2.24, 2.45) is 0 Å². The Hall–Kier alpha value is -2.15. The molecule has 3 heterocycles. The lowest BCUT2D eigenvalue weighted by Crippen LogP contribution is -2.47. The Morgan fingerprint density at radius 2 is 2.00 bits per heavy atom. The summed E-state index contributed by atoms with van der Waals surface area (Å²) in [6.45, 7) is -12.3. The van der Waals surface area contributed by atoms with E-state index in [1.165, 1.54) is 4.90 Å². The van der Waals surface area contributed by atoms with E-state index in [0.717, 1.165) is 17.1 Å². The number of piperazine rings is 1. The van der Waals surface area contributed by atoms with E-state index in [0.29, 0.717) is 36.2 Å². The summed E-state index contributed by atoms with van der Waals surface area (Å²) in [5.74, 6) is -0.249. The molecule has 1 aromatic heterocycles. The van der Waals surface area contributed by atoms with Gasteiger partial charge in [-0.2, -0.15) is 4.37 Å². The van der Waals surface area contributed by atoms with Crippen LogP contribution >= 0.6 is 23.1 Å². The van der Waals surface area contributed by atoms with E-state index in [2.05, 4.69) is 4.37 Å². The van der Waals surface area contributed by atoms with Crippen LogP contribution in [-0.2, 0) is 17.6 Å². The second-order valence-electron chi connectivity index (χ2n) is 6.89. The molecule has 0 atom stereocenters. The average molecular weight is 435 g/mol. The smallest absolute Gasteiger partial charge is 0.231 e. The first-order valence-corrected chi connectivity index (χ1v) is 10.3. The van der Waals surface area contributed by atoms with Crippen molar-refractivity contribution in [1.82, 2.24) is 9.27 Å². The number of rotatable bonds is 4. The molecule has 0 spiro atoms. The molecule has 5 nitrogen and oxygen atoms in total. The third-order valence-corrected chi connectivity index (χ3v) is 6.26. The molecule has 7 heteroatoms. The summed E-state index contributed by atoms with van der Waals surface area (Å²) in [5, 5.41) is 0.713. The lowest BCUT2D eigenvalue weighted by molar-refractivity contribution is -0.117. The summed E-state index contributed by atoms with van der Waals surface area (Å²) >= 11 is 7.44. The van der Waals surface area contributed by atoms with Gasteiger partial charge in [-0.3, -0.25) is 9.69 Å². The minimum atomic E-state index is -3.00.